The van der Waals surface area contributed by atoms with Crippen LogP contribution in [0.2, 0.25) is 0 Å². The Labute approximate surface area is 103 Å². The second-order valence-electron chi connectivity index (χ2n) is 3.38. The first-order chi connectivity index (χ1) is 7.78. The zero-order valence-electron chi connectivity index (χ0n) is 8.85. The molecule has 0 radical (unpaired) electrons. The molecule has 0 fully saturated rings. The molecule has 0 spiro atoms. The van der Waals surface area contributed by atoms with Crippen molar-refractivity contribution in [1.82, 2.24) is 9.97 Å². The van der Waals surface area contributed by atoms with Crippen molar-refractivity contribution in [3.63, 3.8) is 0 Å². The summed E-state index contributed by atoms with van der Waals surface area (Å²) in [6.45, 7) is 1.88. The Kier molecular flexibility index (Phi) is 3.51. The van der Waals surface area contributed by atoms with Crippen LogP contribution in [0.5, 0.6) is 11.6 Å². The fraction of sp³-hybridized carbons (Fsp3) is 0.167. The third kappa shape index (κ3) is 2.79. The SMILES string of the molecule is Cc1cncc(Oc2ccc(CBr)cc2)n1. The van der Waals surface area contributed by atoms with Gasteiger partial charge in [-0.05, 0) is 24.6 Å². The van der Waals surface area contributed by atoms with Gasteiger partial charge in [-0.15, -0.1) is 0 Å². The maximum Gasteiger partial charge on any atom is 0.238 e. The number of hydrogen-bond donors (Lipinski definition) is 0. The molecule has 2 aromatic rings. The van der Waals surface area contributed by atoms with Gasteiger partial charge < -0.3 is 4.74 Å². The van der Waals surface area contributed by atoms with Crippen LogP contribution < -0.4 is 4.74 Å². The van der Waals surface area contributed by atoms with Gasteiger partial charge in [-0.25, -0.2) is 4.98 Å². The molecule has 0 unspecified atom stereocenters. The van der Waals surface area contributed by atoms with Gasteiger partial charge in [0.2, 0.25) is 5.88 Å². The molecule has 82 valence electrons. The van der Waals surface area contributed by atoms with Crippen molar-refractivity contribution in [2.75, 3.05) is 0 Å². The van der Waals surface area contributed by atoms with Gasteiger partial charge in [0.15, 0.2) is 0 Å². The summed E-state index contributed by atoms with van der Waals surface area (Å²) < 4.78 is 5.57. The van der Waals surface area contributed by atoms with E-state index in [-0.39, 0.29) is 0 Å². The van der Waals surface area contributed by atoms with E-state index in [0.717, 1.165) is 16.8 Å². The standard InChI is InChI=1S/C12H11BrN2O/c1-9-7-14-8-12(15-9)16-11-4-2-10(6-13)3-5-11/h2-5,7-8H,6H2,1H3. The van der Waals surface area contributed by atoms with Crippen molar-refractivity contribution in [2.24, 2.45) is 0 Å². The van der Waals surface area contributed by atoms with Crippen LogP contribution in [0.1, 0.15) is 11.3 Å². The first kappa shape index (κ1) is 11.1. The lowest BCUT2D eigenvalue weighted by molar-refractivity contribution is 0.458. The number of ether oxygens (including phenoxy) is 1. The van der Waals surface area contributed by atoms with Crippen molar-refractivity contribution in [3.8, 4) is 11.6 Å². The van der Waals surface area contributed by atoms with E-state index in [1.807, 2.05) is 31.2 Å². The van der Waals surface area contributed by atoms with Crippen LogP contribution in [0.25, 0.3) is 0 Å². The van der Waals surface area contributed by atoms with E-state index in [4.69, 9.17) is 4.74 Å². The number of hydrogen-bond acceptors (Lipinski definition) is 3. The van der Waals surface area contributed by atoms with Crippen molar-refractivity contribution in [2.45, 2.75) is 12.3 Å². The summed E-state index contributed by atoms with van der Waals surface area (Å²) in [4.78, 5) is 8.24. The minimum absolute atomic E-state index is 0.520. The molecule has 3 nitrogen and oxygen atoms in total. The largest absolute Gasteiger partial charge is 0.437 e. The minimum Gasteiger partial charge on any atom is -0.437 e. The smallest absolute Gasteiger partial charge is 0.238 e. The third-order valence-electron chi connectivity index (χ3n) is 2.03. The van der Waals surface area contributed by atoms with Crippen molar-refractivity contribution >= 4 is 15.9 Å². The number of aryl methyl sites for hydroxylation is 1. The highest BCUT2D eigenvalue weighted by Crippen LogP contribution is 2.19. The Bertz CT molecular complexity index is 471. The van der Waals surface area contributed by atoms with Crippen molar-refractivity contribution in [1.29, 1.82) is 0 Å². The third-order valence-corrected chi connectivity index (χ3v) is 2.68. The zero-order chi connectivity index (χ0) is 11.4. The molecular weight excluding hydrogens is 268 g/mol. The highest BCUT2D eigenvalue weighted by Gasteiger charge is 1.99. The summed E-state index contributed by atoms with van der Waals surface area (Å²) in [5.74, 6) is 1.29. The van der Waals surface area contributed by atoms with E-state index in [2.05, 4.69) is 25.9 Å². The normalized spacial score (nSPS) is 10.1. The Hall–Kier alpha value is -1.42. The molecule has 1 aromatic heterocycles. The van der Waals surface area contributed by atoms with Gasteiger partial charge >= 0.3 is 0 Å². The molecule has 0 amide bonds. The number of halogens is 1. The molecule has 0 N–H and O–H groups in total. The van der Waals surface area contributed by atoms with E-state index in [1.165, 1.54) is 5.56 Å². The van der Waals surface area contributed by atoms with Crippen LogP contribution in [0.15, 0.2) is 36.7 Å². The van der Waals surface area contributed by atoms with Crippen LogP contribution in [0.3, 0.4) is 0 Å². The first-order valence-electron chi connectivity index (χ1n) is 4.89. The van der Waals surface area contributed by atoms with Gasteiger partial charge in [-0.3, -0.25) is 4.98 Å². The van der Waals surface area contributed by atoms with Crippen molar-refractivity contribution in [3.05, 3.63) is 47.9 Å². The second kappa shape index (κ2) is 5.07. The summed E-state index contributed by atoms with van der Waals surface area (Å²) in [5, 5.41) is 0.845. The summed E-state index contributed by atoms with van der Waals surface area (Å²) in [6, 6.07) is 7.85. The highest BCUT2D eigenvalue weighted by molar-refractivity contribution is 9.08. The van der Waals surface area contributed by atoms with Crippen molar-refractivity contribution < 1.29 is 4.74 Å². The Morgan fingerprint density at radius 2 is 1.94 bits per heavy atom. The Morgan fingerprint density at radius 1 is 1.19 bits per heavy atom. The van der Waals surface area contributed by atoms with Crippen LogP contribution in [0.4, 0.5) is 0 Å². The van der Waals surface area contributed by atoms with Gasteiger partial charge in [0.05, 0.1) is 11.9 Å². The average molecular weight is 279 g/mol. The number of alkyl halides is 1. The Balaban J connectivity index is 2.14. The van der Waals surface area contributed by atoms with E-state index in [9.17, 15) is 0 Å². The molecular formula is C12H11BrN2O. The van der Waals surface area contributed by atoms with E-state index >= 15 is 0 Å². The van der Waals surface area contributed by atoms with Gasteiger partial charge in [-0.2, -0.15) is 0 Å². The molecule has 0 aliphatic carbocycles. The summed E-state index contributed by atoms with van der Waals surface area (Å²) in [5.41, 5.74) is 2.05. The topological polar surface area (TPSA) is 35.0 Å². The summed E-state index contributed by atoms with van der Waals surface area (Å²) >= 11 is 3.40. The quantitative estimate of drug-likeness (QED) is 0.807. The maximum absolute atomic E-state index is 5.57. The lowest BCUT2D eigenvalue weighted by atomic mass is 10.2. The molecule has 1 aromatic carbocycles. The van der Waals surface area contributed by atoms with Crippen LogP contribution >= 0.6 is 15.9 Å². The number of benzene rings is 1. The zero-order valence-corrected chi connectivity index (χ0v) is 10.4. The van der Waals surface area contributed by atoms with Crippen LogP contribution in [0, 0.1) is 6.92 Å². The maximum atomic E-state index is 5.57. The molecule has 16 heavy (non-hydrogen) atoms. The predicted octanol–water partition coefficient (Wildman–Crippen LogP) is 3.47. The number of nitrogens with zero attached hydrogens (tertiary/aromatic N) is 2. The molecule has 0 aliphatic heterocycles. The lowest BCUT2D eigenvalue weighted by Crippen LogP contribution is -1.91. The molecule has 0 atom stereocenters. The number of aromatic nitrogens is 2. The van der Waals surface area contributed by atoms with Gasteiger partial charge in [0.25, 0.3) is 0 Å². The monoisotopic (exact) mass is 278 g/mol. The van der Waals surface area contributed by atoms with Crippen LogP contribution in [-0.4, -0.2) is 9.97 Å². The predicted molar refractivity (Wildman–Crippen MR) is 65.9 cm³/mol. The summed E-state index contributed by atoms with van der Waals surface area (Å²) in [6.07, 6.45) is 3.30. The van der Waals surface area contributed by atoms with Gasteiger partial charge in [0.1, 0.15) is 5.75 Å². The minimum atomic E-state index is 0.520. The molecule has 4 heteroatoms. The molecule has 2 rings (SSSR count). The molecule has 0 bridgehead atoms. The highest BCUT2D eigenvalue weighted by atomic mass is 79.9. The fourth-order valence-electron chi connectivity index (χ4n) is 1.26. The Morgan fingerprint density at radius 3 is 2.56 bits per heavy atom. The molecule has 0 aliphatic rings. The van der Waals surface area contributed by atoms with Gasteiger partial charge in [0, 0.05) is 11.5 Å². The lowest BCUT2D eigenvalue weighted by Gasteiger charge is -2.05. The van der Waals surface area contributed by atoms with E-state index in [1.54, 1.807) is 12.4 Å². The average Bonchev–Trinajstić information content (AvgIpc) is 2.30. The number of rotatable bonds is 3. The van der Waals surface area contributed by atoms with E-state index in [0.29, 0.717) is 5.88 Å². The van der Waals surface area contributed by atoms with Gasteiger partial charge in [-0.1, -0.05) is 28.1 Å². The molecule has 1 heterocycles. The summed E-state index contributed by atoms with van der Waals surface area (Å²) in [7, 11) is 0. The van der Waals surface area contributed by atoms with E-state index < -0.39 is 0 Å². The second-order valence-corrected chi connectivity index (χ2v) is 3.94. The fourth-order valence-corrected chi connectivity index (χ4v) is 1.63. The van der Waals surface area contributed by atoms with Crippen LogP contribution in [-0.2, 0) is 5.33 Å². The molecule has 0 saturated carbocycles. The first-order valence-corrected chi connectivity index (χ1v) is 6.01. The molecule has 0 saturated heterocycles.